The van der Waals surface area contributed by atoms with Crippen LogP contribution in [0.25, 0.3) is 0 Å². The van der Waals surface area contributed by atoms with Crippen LogP contribution in [0.1, 0.15) is 5.56 Å². The van der Waals surface area contributed by atoms with E-state index in [0.29, 0.717) is 0 Å². The number of nitrogens with zero attached hydrogens (tertiary/aromatic N) is 2. The maximum Gasteiger partial charge on any atom is 0.0933 e. The summed E-state index contributed by atoms with van der Waals surface area (Å²) in [7, 11) is 0. The van der Waals surface area contributed by atoms with Crippen LogP contribution in [-0.2, 0) is 11.4 Å². The Morgan fingerprint density at radius 3 is 3.18 bits per heavy atom. The molecule has 0 fully saturated rings. The Morgan fingerprint density at radius 1 is 1.36 bits per heavy atom. The molecule has 0 spiro atoms. The molecule has 2 nitrogen and oxygen atoms in total. The van der Waals surface area contributed by atoms with Crippen molar-refractivity contribution in [3.8, 4) is 0 Å². The van der Waals surface area contributed by atoms with Crippen LogP contribution < -0.4 is 0 Å². The Hall–Kier alpha value is -0.610. The van der Waals surface area contributed by atoms with Gasteiger partial charge in [0.1, 0.15) is 0 Å². The highest BCUT2D eigenvalue weighted by Crippen LogP contribution is 2.33. The van der Waals surface area contributed by atoms with Crippen molar-refractivity contribution in [3.63, 3.8) is 0 Å². The second kappa shape index (κ2) is 2.79. The van der Waals surface area contributed by atoms with E-state index in [0.717, 1.165) is 10.6 Å². The summed E-state index contributed by atoms with van der Waals surface area (Å²) in [6.07, 6.45) is 0. The van der Waals surface area contributed by atoms with E-state index in [9.17, 15) is 0 Å². The van der Waals surface area contributed by atoms with Crippen molar-refractivity contribution in [1.29, 1.82) is 0 Å². The van der Waals surface area contributed by atoms with Crippen LogP contribution >= 0.6 is 11.9 Å². The van der Waals surface area contributed by atoms with E-state index < -0.39 is 0 Å². The molecule has 0 radical (unpaired) electrons. The van der Waals surface area contributed by atoms with Crippen molar-refractivity contribution in [2.24, 2.45) is 8.13 Å². The molecule has 1 aliphatic heterocycles. The van der Waals surface area contributed by atoms with E-state index in [-0.39, 0.29) is 0 Å². The Balaban J connectivity index is 2.62. The Labute approximate surface area is 73.0 Å². The van der Waals surface area contributed by atoms with E-state index in [1.807, 2.05) is 0 Å². The van der Waals surface area contributed by atoms with Gasteiger partial charge in [-0.1, -0.05) is 6.07 Å². The lowest BCUT2D eigenvalue weighted by atomic mass is 10.2. The lowest BCUT2D eigenvalue weighted by Gasteiger charge is -2.02. The van der Waals surface area contributed by atoms with Crippen LogP contribution in [-0.4, -0.2) is 0 Å². The third kappa shape index (κ3) is 1.36. The third-order valence-corrected chi connectivity index (χ3v) is 2.81. The van der Waals surface area contributed by atoms with E-state index in [1.165, 1.54) is 28.9 Å². The van der Waals surface area contributed by atoms with Gasteiger partial charge in [0.2, 0.25) is 0 Å². The van der Waals surface area contributed by atoms with Gasteiger partial charge in [-0.15, -0.1) is 3.77 Å². The van der Waals surface area contributed by atoms with E-state index >= 15 is 0 Å². The summed E-state index contributed by atoms with van der Waals surface area (Å²) in [5, 5.41) is 0. The van der Waals surface area contributed by atoms with Gasteiger partial charge in [0.25, 0.3) is 0 Å². The van der Waals surface area contributed by atoms with Gasteiger partial charge in [-0.2, -0.15) is 4.36 Å². The summed E-state index contributed by atoms with van der Waals surface area (Å²) in [6.45, 7) is 2.07. The van der Waals surface area contributed by atoms with Gasteiger partial charge in [-0.3, -0.25) is 0 Å². The van der Waals surface area contributed by atoms with Gasteiger partial charge < -0.3 is 0 Å². The summed E-state index contributed by atoms with van der Waals surface area (Å²) in [5.41, 5.74) is 2.30. The summed E-state index contributed by atoms with van der Waals surface area (Å²) in [4.78, 5) is 1.15. The molecule has 0 bridgehead atoms. The maximum absolute atomic E-state index is 4.18. The topological polar surface area (TPSA) is 24.7 Å². The number of benzene rings is 1. The zero-order chi connectivity index (χ0) is 7.68. The lowest BCUT2D eigenvalue weighted by Crippen LogP contribution is -1.76. The Kier molecular flexibility index (Phi) is 1.79. The predicted octanol–water partition coefficient (Wildman–Crippen LogP) is 3.10. The van der Waals surface area contributed by atoms with Crippen LogP contribution in [0.15, 0.2) is 31.2 Å². The molecule has 0 unspecified atom stereocenters. The Bertz CT molecular complexity index is 353. The molecule has 4 heteroatoms. The predicted molar refractivity (Wildman–Crippen MR) is 48.9 cm³/mol. The molecular formula is C7H6N2S2. The highest BCUT2D eigenvalue weighted by molar-refractivity contribution is 8.01. The van der Waals surface area contributed by atoms with Crippen molar-refractivity contribution >= 4 is 29.0 Å². The van der Waals surface area contributed by atoms with Crippen LogP contribution in [0, 0.1) is 6.92 Å². The van der Waals surface area contributed by atoms with Crippen LogP contribution in [0.4, 0.5) is 5.69 Å². The average molecular weight is 182 g/mol. The molecule has 0 saturated carbocycles. The van der Waals surface area contributed by atoms with Gasteiger partial charge in [0.15, 0.2) is 0 Å². The molecule has 0 atom stereocenters. The van der Waals surface area contributed by atoms with Crippen LogP contribution in [0.5, 0.6) is 0 Å². The van der Waals surface area contributed by atoms with Crippen molar-refractivity contribution in [3.05, 3.63) is 23.8 Å². The summed E-state index contributed by atoms with van der Waals surface area (Å²) in [5.74, 6) is 0. The van der Waals surface area contributed by atoms with E-state index in [4.69, 9.17) is 0 Å². The fourth-order valence-corrected chi connectivity index (χ4v) is 2.11. The van der Waals surface area contributed by atoms with Crippen LogP contribution in [0.3, 0.4) is 0 Å². The van der Waals surface area contributed by atoms with Gasteiger partial charge in [-0.25, -0.2) is 0 Å². The lowest BCUT2D eigenvalue weighted by molar-refractivity contribution is 1.34. The molecule has 1 aliphatic rings. The average Bonchev–Trinajstić information content (AvgIpc) is 2.04. The third-order valence-electron chi connectivity index (χ3n) is 1.42. The molecule has 0 aliphatic carbocycles. The van der Waals surface area contributed by atoms with Crippen LogP contribution in [0.2, 0.25) is 0 Å². The highest BCUT2D eigenvalue weighted by Gasteiger charge is 2.03. The minimum atomic E-state index is 1.05. The number of hydrogen-bond acceptors (Lipinski definition) is 3. The molecular weight excluding hydrogens is 176 g/mol. The summed E-state index contributed by atoms with van der Waals surface area (Å²) < 4.78 is 8.20. The van der Waals surface area contributed by atoms with E-state index in [2.05, 4.69) is 33.3 Å². The zero-order valence-corrected chi connectivity index (χ0v) is 7.58. The monoisotopic (exact) mass is 182 g/mol. The number of rotatable bonds is 0. The molecule has 1 heterocycles. The first-order chi connectivity index (χ1) is 5.36. The van der Waals surface area contributed by atoms with Crippen molar-refractivity contribution in [2.45, 2.75) is 11.8 Å². The number of fused-ring (bicyclic) bond motifs is 1. The minimum Gasteiger partial charge on any atom is -0.174 e. The van der Waals surface area contributed by atoms with Gasteiger partial charge in [-0.05, 0) is 24.6 Å². The molecule has 0 aromatic heterocycles. The number of hydrogen-bond donors (Lipinski definition) is 0. The van der Waals surface area contributed by atoms with E-state index in [1.54, 1.807) is 0 Å². The molecule has 1 aromatic carbocycles. The molecule has 0 amide bonds. The molecule has 1 aromatic rings. The van der Waals surface area contributed by atoms with Gasteiger partial charge in [0.05, 0.1) is 21.9 Å². The van der Waals surface area contributed by atoms with Gasteiger partial charge >= 0.3 is 0 Å². The maximum atomic E-state index is 4.18. The second-order valence-corrected chi connectivity index (χ2v) is 3.87. The first kappa shape index (κ1) is 7.06. The summed E-state index contributed by atoms with van der Waals surface area (Å²) >= 11 is 2.75. The second-order valence-electron chi connectivity index (χ2n) is 2.31. The number of aryl methyl sites for hydroxylation is 1. The SMILES string of the molecule is Cc1ccc2c(c1)N=S=NS2. The van der Waals surface area contributed by atoms with Crippen molar-refractivity contribution in [1.82, 2.24) is 0 Å². The first-order valence-electron chi connectivity index (χ1n) is 3.21. The van der Waals surface area contributed by atoms with Crippen molar-refractivity contribution < 1.29 is 0 Å². The smallest absolute Gasteiger partial charge is 0.0933 e. The molecule has 11 heavy (non-hydrogen) atoms. The normalized spacial score (nSPS) is 13.9. The fraction of sp³-hybridized carbons (Fsp3) is 0.143. The standard InChI is InChI=1S/C7H6N2S2/c1-5-2-3-7-6(4-5)8-11-9-10-7/h2-4H,1H3. The fourth-order valence-electron chi connectivity index (χ4n) is 0.893. The highest BCUT2D eigenvalue weighted by atomic mass is 32.2. The molecule has 0 N–H and O–H groups in total. The first-order valence-corrected chi connectivity index (χ1v) is 4.72. The van der Waals surface area contributed by atoms with Gasteiger partial charge in [0, 0.05) is 11.9 Å². The summed E-state index contributed by atoms with van der Waals surface area (Å²) in [6, 6.07) is 6.21. The molecule has 0 saturated heterocycles. The molecule has 2 rings (SSSR count). The molecule has 56 valence electrons. The zero-order valence-electron chi connectivity index (χ0n) is 5.94. The Morgan fingerprint density at radius 2 is 2.27 bits per heavy atom. The van der Waals surface area contributed by atoms with Crippen molar-refractivity contribution in [2.75, 3.05) is 0 Å². The quantitative estimate of drug-likeness (QED) is 0.566. The largest absolute Gasteiger partial charge is 0.174 e. The minimum absolute atomic E-state index is 1.05.